The van der Waals surface area contributed by atoms with Crippen molar-refractivity contribution in [3.63, 3.8) is 0 Å². The molecule has 0 bridgehead atoms. The third-order valence-corrected chi connectivity index (χ3v) is 6.55. The maximum Gasteiger partial charge on any atom is 0.253 e. The van der Waals surface area contributed by atoms with Crippen molar-refractivity contribution in [2.75, 3.05) is 32.8 Å². The lowest BCUT2D eigenvalue weighted by molar-refractivity contribution is -0.128. The summed E-state index contributed by atoms with van der Waals surface area (Å²) in [5, 5.41) is 19.1. The van der Waals surface area contributed by atoms with E-state index >= 15 is 0 Å². The van der Waals surface area contributed by atoms with Gasteiger partial charge in [0.1, 0.15) is 5.84 Å². The summed E-state index contributed by atoms with van der Waals surface area (Å²) in [7, 11) is 0. The molecule has 190 valence electrons. The average molecular weight is 491 g/mol. The number of aliphatic hydroxyl groups excluding tert-OH is 2. The van der Waals surface area contributed by atoms with Crippen molar-refractivity contribution < 1.29 is 19.8 Å². The lowest BCUT2D eigenvalue weighted by atomic mass is 9.99. The number of likely N-dealkylation sites (tertiary alicyclic amines) is 1. The van der Waals surface area contributed by atoms with E-state index in [4.69, 9.17) is 5.73 Å². The summed E-state index contributed by atoms with van der Waals surface area (Å²) in [5.41, 5.74) is 10.7. The molecule has 8 nitrogen and oxygen atoms in total. The first-order valence-electron chi connectivity index (χ1n) is 12.5. The molecular weight excluding hydrogens is 456 g/mol. The first-order chi connectivity index (χ1) is 17.4. The van der Waals surface area contributed by atoms with Gasteiger partial charge in [-0.15, -0.1) is 0 Å². The van der Waals surface area contributed by atoms with Gasteiger partial charge in [-0.05, 0) is 54.7 Å². The van der Waals surface area contributed by atoms with E-state index in [1.54, 1.807) is 11.0 Å². The molecule has 2 aromatic rings. The highest BCUT2D eigenvalue weighted by molar-refractivity contribution is 6.05. The van der Waals surface area contributed by atoms with Crippen LogP contribution in [0.5, 0.6) is 0 Å². The average Bonchev–Trinajstić information content (AvgIpc) is 3.37. The number of amides is 2. The molecule has 0 spiro atoms. The van der Waals surface area contributed by atoms with Crippen LogP contribution in [0.15, 0.2) is 53.0 Å². The number of hydrogen-bond donors (Lipinski definition) is 3. The highest BCUT2D eigenvalue weighted by atomic mass is 16.3. The fourth-order valence-corrected chi connectivity index (χ4v) is 4.68. The van der Waals surface area contributed by atoms with E-state index in [-0.39, 0.29) is 24.8 Å². The minimum Gasteiger partial charge on any atom is -0.394 e. The topological polar surface area (TPSA) is 119 Å². The van der Waals surface area contributed by atoms with Crippen LogP contribution in [-0.2, 0) is 4.79 Å². The fourth-order valence-electron chi connectivity index (χ4n) is 4.68. The molecule has 2 amide bonds. The Bertz CT molecular complexity index is 1170. The molecule has 4 rings (SSSR count). The Morgan fingerprint density at radius 3 is 2.47 bits per heavy atom. The number of carbonyl (C=O) groups excluding carboxylic acids is 2. The molecule has 1 atom stereocenters. The van der Waals surface area contributed by atoms with Crippen LogP contribution in [0.1, 0.15) is 48.5 Å². The number of amidine groups is 1. The minimum absolute atomic E-state index is 0.0552. The van der Waals surface area contributed by atoms with Crippen molar-refractivity contribution in [1.29, 1.82) is 0 Å². The summed E-state index contributed by atoms with van der Waals surface area (Å²) in [6, 6.07) is 13.4. The summed E-state index contributed by atoms with van der Waals surface area (Å²) in [6.45, 7) is 3.71. The minimum atomic E-state index is -0.996. The van der Waals surface area contributed by atoms with E-state index in [0.717, 1.165) is 49.0 Å². The van der Waals surface area contributed by atoms with Crippen LogP contribution in [0.25, 0.3) is 17.2 Å². The smallest absolute Gasteiger partial charge is 0.253 e. The van der Waals surface area contributed by atoms with Crippen molar-refractivity contribution in [3.05, 3.63) is 59.2 Å². The number of aliphatic hydroxyl groups is 2. The van der Waals surface area contributed by atoms with Crippen LogP contribution in [0.2, 0.25) is 0 Å². The predicted molar refractivity (Wildman–Crippen MR) is 141 cm³/mol. The molecule has 4 N–H and O–H groups in total. The normalized spacial score (nSPS) is 16.0. The number of benzene rings is 2. The van der Waals surface area contributed by atoms with Gasteiger partial charge in [-0.1, -0.05) is 31.2 Å². The number of nitrogens with zero attached hydrogens (tertiary/aromatic N) is 3. The van der Waals surface area contributed by atoms with Gasteiger partial charge in [0, 0.05) is 49.3 Å². The Balaban J connectivity index is 1.57. The quantitative estimate of drug-likeness (QED) is 0.526. The summed E-state index contributed by atoms with van der Waals surface area (Å²) in [5.74, 6) is 0.179. The molecule has 1 fully saturated rings. The van der Waals surface area contributed by atoms with Crippen molar-refractivity contribution >= 4 is 29.4 Å². The number of hydrogen-bond acceptors (Lipinski definition) is 6. The molecule has 2 heterocycles. The first kappa shape index (κ1) is 25.6. The number of aliphatic imine (C=N–C) groups is 1. The van der Waals surface area contributed by atoms with Gasteiger partial charge in [-0.3, -0.25) is 9.59 Å². The van der Waals surface area contributed by atoms with Gasteiger partial charge >= 0.3 is 0 Å². The highest BCUT2D eigenvalue weighted by Gasteiger charge is 2.23. The zero-order valence-electron chi connectivity index (χ0n) is 20.7. The van der Waals surface area contributed by atoms with E-state index < -0.39 is 12.7 Å². The molecule has 0 aromatic heterocycles. The van der Waals surface area contributed by atoms with Gasteiger partial charge in [0.25, 0.3) is 5.91 Å². The second kappa shape index (κ2) is 11.5. The molecule has 36 heavy (non-hydrogen) atoms. The van der Waals surface area contributed by atoms with E-state index in [9.17, 15) is 19.8 Å². The maximum absolute atomic E-state index is 13.2. The third-order valence-electron chi connectivity index (χ3n) is 6.55. The lowest BCUT2D eigenvalue weighted by Gasteiger charge is -2.25. The van der Waals surface area contributed by atoms with Crippen LogP contribution in [-0.4, -0.2) is 76.6 Å². The highest BCUT2D eigenvalue weighted by Crippen LogP contribution is 2.32. The van der Waals surface area contributed by atoms with Crippen molar-refractivity contribution in [2.45, 2.75) is 38.7 Å². The van der Waals surface area contributed by atoms with Gasteiger partial charge in [0.2, 0.25) is 5.91 Å². The number of carbonyl (C=O) groups is 2. The molecule has 1 unspecified atom stereocenters. The lowest BCUT2D eigenvalue weighted by Crippen LogP contribution is -2.40. The Labute approximate surface area is 211 Å². The van der Waals surface area contributed by atoms with Gasteiger partial charge in [0.15, 0.2) is 0 Å². The Kier molecular flexibility index (Phi) is 8.18. The third kappa shape index (κ3) is 5.83. The molecule has 1 saturated heterocycles. The number of nitrogens with two attached hydrogens (primary N) is 1. The summed E-state index contributed by atoms with van der Waals surface area (Å²) in [6.07, 6.45) is 3.85. The monoisotopic (exact) mass is 490 g/mol. The Morgan fingerprint density at radius 1 is 1.11 bits per heavy atom. The van der Waals surface area contributed by atoms with Crippen LogP contribution in [0.3, 0.4) is 0 Å². The van der Waals surface area contributed by atoms with E-state index in [1.807, 2.05) is 54.3 Å². The molecule has 2 aromatic carbocycles. The van der Waals surface area contributed by atoms with Crippen molar-refractivity contribution in [3.8, 4) is 11.1 Å². The summed E-state index contributed by atoms with van der Waals surface area (Å²) < 4.78 is 0. The number of fused-ring (bicyclic) bond motifs is 1. The van der Waals surface area contributed by atoms with Gasteiger partial charge in [0.05, 0.1) is 18.4 Å². The van der Waals surface area contributed by atoms with Crippen LogP contribution >= 0.6 is 0 Å². The van der Waals surface area contributed by atoms with E-state index in [0.29, 0.717) is 29.2 Å². The van der Waals surface area contributed by atoms with Crippen molar-refractivity contribution in [1.82, 2.24) is 9.80 Å². The van der Waals surface area contributed by atoms with Gasteiger partial charge in [-0.25, -0.2) is 4.99 Å². The largest absolute Gasteiger partial charge is 0.394 e. The molecule has 0 saturated carbocycles. The maximum atomic E-state index is 13.2. The standard InChI is InChI=1S/C28H34N4O4/c1-2-11-32(17-24(34)18-33)28(36)23-14-22-10-9-21(15-25(22)30-26(29)16-23)19-5-7-20(8-6-19)27(35)31-12-3-4-13-31/h5-10,14-15,24,33-34H,2-4,11-13,16-18H2,1H3,(H2,29,30). The van der Waals surface area contributed by atoms with Gasteiger partial charge < -0.3 is 25.7 Å². The second-order valence-corrected chi connectivity index (χ2v) is 9.39. The van der Waals surface area contributed by atoms with Crippen LogP contribution in [0.4, 0.5) is 5.69 Å². The molecule has 0 aliphatic carbocycles. The molecular formula is C28H34N4O4. The van der Waals surface area contributed by atoms with Gasteiger partial charge in [-0.2, -0.15) is 0 Å². The molecule has 0 radical (unpaired) electrons. The molecule has 2 aliphatic rings. The predicted octanol–water partition coefficient (Wildman–Crippen LogP) is 2.96. The Hall–Kier alpha value is -3.49. The van der Waals surface area contributed by atoms with E-state index in [1.165, 1.54) is 0 Å². The van der Waals surface area contributed by atoms with Crippen molar-refractivity contribution in [2.24, 2.45) is 10.7 Å². The first-order valence-corrected chi connectivity index (χ1v) is 12.5. The zero-order chi connectivity index (χ0) is 25.7. The second-order valence-electron chi connectivity index (χ2n) is 9.39. The number of rotatable bonds is 8. The molecule has 8 heteroatoms. The van der Waals surface area contributed by atoms with Crippen LogP contribution in [0, 0.1) is 0 Å². The summed E-state index contributed by atoms with van der Waals surface area (Å²) in [4.78, 5) is 33.9. The summed E-state index contributed by atoms with van der Waals surface area (Å²) >= 11 is 0. The van der Waals surface area contributed by atoms with E-state index in [2.05, 4.69) is 4.99 Å². The molecule has 2 aliphatic heterocycles. The van der Waals surface area contributed by atoms with Crippen LogP contribution < -0.4 is 5.73 Å². The zero-order valence-corrected chi connectivity index (χ0v) is 20.7. The SMILES string of the molecule is CCCN(CC(O)CO)C(=O)C1=Cc2ccc(-c3ccc(C(=O)N4CCCC4)cc3)cc2N=C(N)C1. The Morgan fingerprint density at radius 2 is 1.81 bits per heavy atom. The fraction of sp³-hybridized carbons (Fsp3) is 0.393.